The number of methoxy groups -OCH3 is 1. The van der Waals surface area contributed by atoms with Crippen LogP contribution in [-0.2, 0) is 9.53 Å². The third kappa shape index (κ3) is 7.33. The summed E-state index contributed by atoms with van der Waals surface area (Å²) in [4.78, 5) is 11.6. The van der Waals surface area contributed by atoms with Crippen LogP contribution in [0, 0.1) is 5.92 Å². The number of nitrogens with two attached hydrogens (primary N) is 1. The van der Waals surface area contributed by atoms with E-state index < -0.39 is 6.04 Å². The van der Waals surface area contributed by atoms with Crippen LogP contribution in [0.25, 0.3) is 0 Å². The van der Waals surface area contributed by atoms with Crippen molar-refractivity contribution in [1.29, 1.82) is 0 Å². The highest BCUT2D eigenvalue weighted by Gasteiger charge is 2.16. The van der Waals surface area contributed by atoms with Crippen molar-refractivity contribution in [1.82, 2.24) is 5.32 Å². The van der Waals surface area contributed by atoms with Gasteiger partial charge in [0.2, 0.25) is 5.91 Å². The number of hydrogen-bond donors (Lipinski definition) is 2. The van der Waals surface area contributed by atoms with Gasteiger partial charge in [-0.1, -0.05) is 13.8 Å². The van der Waals surface area contributed by atoms with Gasteiger partial charge in [0.05, 0.1) is 6.04 Å². The van der Waals surface area contributed by atoms with E-state index >= 15 is 0 Å². The van der Waals surface area contributed by atoms with E-state index in [-0.39, 0.29) is 11.9 Å². The Balaban J connectivity index is 3.80. The zero-order valence-corrected chi connectivity index (χ0v) is 10.2. The zero-order valence-electron chi connectivity index (χ0n) is 10.2. The Hall–Kier alpha value is -0.610. The Kier molecular flexibility index (Phi) is 7.34. The van der Waals surface area contributed by atoms with Crippen LogP contribution >= 0.6 is 0 Å². The molecule has 0 aromatic carbocycles. The van der Waals surface area contributed by atoms with Gasteiger partial charge in [-0.3, -0.25) is 4.79 Å². The van der Waals surface area contributed by atoms with Crippen molar-refractivity contribution in [3.8, 4) is 0 Å². The quantitative estimate of drug-likeness (QED) is 0.664. The number of carbonyl (C=O) groups excluding carboxylic acids is 1. The van der Waals surface area contributed by atoms with E-state index in [4.69, 9.17) is 10.5 Å². The Morgan fingerprint density at radius 2 is 2.00 bits per heavy atom. The van der Waals surface area contributed by atoms with E-state index in [0.717, 1.165) is 12.8 Å². The van der Waals surface area contributed by atoms with E-state index in [1.54, 1.807) is 7.11 Å². The molecule has 3 N–H and O–H groups in total. The minimum atomic E-state index is -0.394. The Bertz CT molecular complexity index is 183. The molecule has 0 aromatic rings. The number of amides is 1. The predicted molar refractivity (Wildman–Crippen MR) is 61.5 cm³/mol. The second kappa shape index (κ2) is 7.65. The summed E-state index contributed by atoms with van der Waals surface area (Å²) in [6, 6.07) is -0.273. The van der Waals surface area contributed by atoms with Gasteiger partial charge in [-0.2, -0.15) is 0 Å². The first-order valence-corrected chi connectivity index (χ1v) is 5.52. The van der Waals surface area contributed by atoms with E-state index in [1.165, 1.54) is 0 Å². The highest BCUT2D eigenvalue weighted by Crippen LogP contribution is 2.03. The molecule has 1 unspecified atom stereocenters. The first-order chi connectivity index (χ1) is 6.97. The lowest BCUT2D eigenvalue weighted by molar-refractivity contribution is -0.123. The molecule has 0 spiro atoms. The molecule has 0 radical (unpaired) electrons. The lowest BCUT2D eigenvalue weighted by Crippen LogP contribution is -2.45. The summed E-state index contributed by atoms with van der Waals surface area (Å²) in [6.45, 7) is 6.73. The lowest BCUT2D eigenvalue weighted by Gasteiger charge is -2.18. The number of hydrogen-bond acceptors (Lipinski definition) is 3. The minimum Gasteiger partial charge on any atom is -0.385 e. The summed E-state index contributed by atoms with van der Waals surface area (Å²) in [5.41, 5.74) is 5.75. The summed E-state index contributed by atoms with van der Waals surface area (Å²) < 4.78 is 4.94. The molecule has 0 bridgehead atoms. The third-order valence-corrected chi connectivity index (χ3v) is 2.21. The first-order valence-electron chi connectivity index (χ1n) is 5.52. The normalized spacial score (nSPS) is 15.1. The maximum absolute atomic E-state index is 11.6. The molecule has 0 saturated heterocycles. The number of rotatable bonds is 7. The molecular formula is C11H24N2O2. The summed E-state index contributed by atoms with van der Waals surface area (Å²) >= 11 is 0. The van der Waals surface area contributed by atoms with Crippen molar-refractivity contribution in [3.05, 3.63) is 0 Å². The standard InChI is InChI=1S/C11H24N2O2/c1-8(2)7-10(12)11(14)13-9(3)5-6-15-4/h8-10H,5-7,12H2,1-4H3,(H,13,14)/t9?,10-/m0/s1. The molecule has 0 aliphatic carbocycles. The van der Waals surface area contributed by atoms with Gasteiger partial charge in [-0.05, 0) is 25.7 Å². The maximum Gasteiger partial charge on any atom is 0.237 e. The molecule has 4 nitrogen and oxygen atoms in total. The van der Waals surface area contributed by atoms with Crippen molar-refractivity contribution in [2.45, 2.75) is 45.7 Å². The average Bonchev–Trinajstić information content (AvgIpc) is 2.13. The molecule has 0 saturated carbocycles. The van der Waals surface area contributed by atoms with Crippen LogP contribution in [0.4, 0.5) is 0 Å². The van der Waals surface area contributed by atoms with Crippen LogP contribution < -0.4 is 11.1 Å². The summed E-state index contributed by atoms with van der Waals surface area (Å²) in [5.74, 6) is 0.382. The maximum atomic E-state index is 11.6. The van der Waals surface area contributed by atoms with Crippen molar-refractivity contribution in [2.24, 2.45) is 11.7 Å². The van der Waals surface area contributed by atoms with Gasteiger partial charge < -0.3 is 15.8 Å². The Morgan fingerprint density at radius 3 is 2.47 bits per heavy atom. The molecule has 15 heavy (non-hydrogen) atoms. The highest BCUT2D eigenvalue weighted by molar-refractivity contribution is 5.81. The molecule has 0 fully saturated rings. The smallest absolute Gasteiger partial charge is 0.237 e. The molecule has 0 aromatic heterocycles. The van der Waals surface area contributed by atoms with Gasteiger partial charge in [-0.15, -0.1) is 0 Å². The fourth-order valence-corrected chi connectivity index (χ4v) is 1.33. The monoisotopic (exact) mass is 216 g/mol. The summed E-state index contributed by atoms with van der Waals surface area (Å²) in [6.07, 6.45) is 1.54. The highest BCUT2D eigenvalue weighted by atomic mass is 16.5. The molecule has 0 aliphatic rings. The van der Waals surface area contributed by atoms with Crippen LogP contribution in [0.5, 0.6) is 0 Å². The zero-order chi connectivity index (χ0) is 11.8. The third-order valence-electron chi connectivity index (χ3n) is 2.21. The minimum absolute atomic E-state index is 0.0627. The molecule has 0 heterocycles. The second-order valence-electron chi connectivity index (χ2n) is 4.43. The second-order valence-corrected chi connectivity index (χ2v) is 4.43. The first kappa shape index (κ1) is 14.4. The number of ether oxygens (including phenoxy) is 1. The van der Waals surface area contributed by atoms with Gasteiger partial charge in [0, 0.05) is 19.8 Å². The van der Waals surface area contributed by atoms with Crippen LogP contribution in [-0.4, -0.2) is 31.7 Å². The average molecular weight is 216 g/mol. The largest absolute Gasteiger partial charge is 0.385 e. The Labute approximate surface area is 92.6 Å². The van der Waals surface area contributed by atoms with Gasteiger partial charge in [0.25, 0.3) is 0 Å². The molecular weight excluding hydrogens is 192 g/mol. The number of carbonyl (C=O) groups is 1. The van der Waals surface area contributed by atoms with Crippen molar-refractivity contribution < 1.29 is 9.53 Å². The predicted octanol–water partition coefficient (Wildman–Crippen LogP) is 0.901. The number of nitrogens with one attached hydrogen (secondary N) is 1. The van der Waals surface area contributed by atoms with Crippen LogP contribution in [0.15, 0.2) is 0 Å². The van der Waals surface area contributed by atoms with Crippen LogP contribution in [0.3, 0.4) is 0 Å². The summed E-state index contributed by atoms with van der Waals surface area (Å²) in [7, 11) is 1.65. The fourth-order valence-electron chi connectivity index (χ4n) is 1.33. The van der Waals surface area contributed by atoms with Crippen molar-refractivity contribution >= 4 is 5.91 Å². The van der Waals surface area contributed by atoms with Gasteiger partial charge in [0.15, 0.2) is 0 Å². The van der Waals surface area contributed by atoms with Crippen molar-refractivity contribution in [2.75, 3.05) is 13.7 Å². The van der Waals surface area contributed by atoms with Gasteiger partial charge in [0.1, 0.15) is 0 Å². The molecule has 90 valence electrons. The molecule has 4 heteroatoms. The van der Waals surface area contributed by atoms with Gasteiger partial charge >= 0.3 is 0 Å². The Morgan fingerprint density at radius 1 is 1.40 bits per heavy atom. The topological polar surface area (TPSA) is 64.3 Å². The molecule has 2 atom stereocenters. The van der Waals surface area contributed by atoms with Crippen LogP contribution in [0.2, 0.25) is 0 Å². The van der Waals surface area contributed by atoms with E-state index in [1.807, 2.05) is 6.92 Å². The van der Waals surface area contributed by atoms with E-state index in [2.05, 4.69) is 19.2 Å². The fraction of sp³-hybridized carbons (Fsp3) is 0.909. The molecule has 1 amide bonds. The van der Waals surface area contributed by atoms with E-state index in [9.17, 15) is 4.79 Å². The van der Waals surface area contributed by atoms with E-state index in [0.29, 0.717) is 12.5 Å². The molecule has 0 aliphatic heterocycles. The van der Waals surface area contributed by atoms with Crippen molar-refractivity contribution in [3.63, 3.8) is 0 Å². The lowest BCUT2D eigenvalue weighted by atomic mass is 10.0. The molecule has 0 rings (SSSR count). The summed E-state index contributed by atoms with van der Waals surface area (Å²) in [5, 5.41) is 2.88. The van der Waals surface area contributed by atoms with Crippen LogP contribution in [0.1, 0.15) is 33.6 Å². The van der Waals surface area contributed by atoms with Gasteiger partial charge in [-0.25, -0.2) is 0 Å². The SMILES string of the molecule is COCCC(C)NC(=O)[C@@H](N)CC(C)C.